The van der Waals surface area contributed by atoms with Crippen LogP contribution in [0.3, 0.4) is 0 Å². The van der Waals surface area contributed by atoms with Crippen LogP contribution < -0.4 is 5.32 Å². The van der Waals surface area contributed by atoms with Crippen LogP contribution in [0.4, 0.5) is 5.69 Å². The van der Waals surface area contributed by atoms with E-state index >= 15 is 0 Å². The van der Waals surface area contributed by atoms with E-state index in [0.717, 1.165) is 39.0 Å². The van der Waals surface area contributed by atoms with E-state index in [9.17, 15) is 4.79 Å². The number of nitrogens with zero attached hydrogens (tertiary/aromatic N) is 2. The van der Waals surface area contributed by atoms with Crippen molar-refractivity contribution < 1.29 is 4.79 Å². The van der Waals surface area contributed by atoms with Gasteiger partial charge in [0.25, 0.3) is 0 Å². The van der Waals surface area contributed by atoms with Crippen LogP contribution in [0.25, 0.3) is 27.7 Å². The quantitative estimate of drug-likeness (QED) is 0.448. The van der Waals surface area contributed by atoms with Gasteiger partial charge in [-0.05, 0) is 31.1 Å². The van der Waals surface area contributed by atoms with Gasteiger partial charge in [0.2, 0.25) is 0 Å². The van der Waals surface area contributed by atoms with Crippen LogP contribution >= 0.6 is 0 Å². The SMILES string of the molecule is C=C/C=C(\C=C/C)c1ccc(-c2nc3ccncc3c(C(C)=O)c2NC)cc1. The molecule has 0 saturated heterocycles. The molecule has 0 unspecified atom stereocenters. The van der Waals surface area contributed by atoms with Gasteiger partial charge in [0.15, 0.2) is 5.78 Å². The molecule has 4 heteroatoms. The number of pyridine rings is 2. The highest BCUT2D eigenvalue weighted by Crippen LogP contribution is 2.34. The molecule has 0 aliphatic rings. The number of carbonyl (C=O) groups is 1. The van der Waals surface area contributed by atoms with E-state index in [4.69, 9.17) is 4.98 Å². The molecule has 0 radical (unpaired) electrons. The highest BCUT2D eigenvalue weighted by atomic mass is 16.1. The first-order valence-electron chi connectivity index (χ1n) is 9.13. The Morgan fingerprint density at radius 2 is 1.93 bits per heavy atom. The van der Waals surface area contributed by atoms with Crippen LogP contribution in [0.15, 0.2) is 73.6 Å². The monoisotopic (exact) mass is 369 g/mol. The zero-order valence-electron chi connectivity index (χ0n) is 16.4. The molecular formula is C24H23N3O. The largest absolute Gasteiger partial charge is 0.386 e. The minimum absolute atomic E-state index is 0.0214. The molecule has 140 valence electrons. The van der Waals surface area contributed by atoms with E-state index in [1.54, 1.807) is 32.4 Å². The van der Waals surface area contributed by atoms with Gasteiger partial charge in [0.05, 0.1) is 22.5 Å². The molecule has 1 N–H and O–H groups in total. The molecule has 3 rings (SSSR count). The smallest absolute Gasteiger partial charge is 0.162 e. The Bertz CT molecular complexity index is 1090. The summed E-state index contributed by atoms with van der Waals surface area (Å²) in [6.45, 7) is 7.34. The van der Waals surface area contributed by atoms with Crippen LogP contribution in [0.2, 0.25) is 0 Å². The third-order valence-corrected chi connectivity index (χ3v) is 4.52. The van der Waals surface area contributed by atoms with Gasteiger partial charge in [-0.3, -0.25) is 9.78 Å². The van der Waals surface area contributed by atoms with E-state index < -0.39 is 0 Å². The lowest BCUT2D eigenvalue weighted by Crippen LogP contribution is -2.06. The molecular weight excluding hydrogens is 346 g/mol. The highest BCUT2D eigenvalue weighted by molar-refractivity contribution is 6.13. The lowest BCUT2D eigenvalue weighted by Gasteiger charge is -2.15. The summed E-state index contributed by atoms with van der Waals surface area (Å²) in [5.74, 6) is -0.0214. The van der Waals surface area contributed by atoms with Crippen molar-refractivity contribution in [3.63, 3.8) is 0 Å². The summed E-state index contributed by atoms with van der Waals surface area (Å²) in [6.07, 6.45) is 11.2. The Morgan fingerprint density at radius 3 is 2.54 bits per heavy atom. The summed E-state index contributed by atoms with van der Waals surface area (Å²) in [5.41, 5.74) is 5.94. The number of hydrogen-bond acceptors (Lipinski definition) is 4. The first-order chi connectivity index (χ1) is 13.6. The lowest BCUT2D eigenvalue weighted by molar-refractivity contribution is 0.102. The second-order valence-corrected chi connectivity index (χ2v) is 6.34. The van der Waals surface area contributed by atoms with Gasteiger partial charge in [-0.2, -0.15) is 0 Å². The summed E-state index contributed by atoms with van der Waals surface area (Å²) in [4.78, 5) is 21.4. The van der Waals surface area contributed by atoms with Crippen LogP contribution in [-0.2, 0) is 0 Å². The second kappa shape index (κ2) is 8.44. The van der Waals surface area contributed by atoms with Crippen LogP contribution in [0, 0.1) is 0 Å². The minimum Gasteiger partial charge on any atom is -0.386 e. The fraction of sp³-hybridized carbons (Fsp3) is 0.125. The van der Waals surface area contributed by atoms with E-state index in [2.05, 4.69) is 29.0 Å². The molecule has 0 bridgehead atoms. The third kappa shape index (κ3) is 3.62. The molecule has 0 aliphatic carbocycles. The molecule has 1 aromatic carbocycles. The van der Waals surface area contributed by atoms with E-state index in [-0.39, 0.29) is 5.78 Å². The number of ketones is 1. The maximum Gasteiger partial charge on any atom is 0.162 e. The van der Waals surface area contributed by atoms with Crippen LogP contribution in [0.5, 0.6) is 0 Å². The van der Waals surface area contributed by atoms with E-state index in [0.29, 0.717) is 5.56 Å². The summed E-state index contributed by atoms with van der Waals surface area (Å²) in [6, 6.07) is 9.98. The van der Waals surface area contributed by atoms with Crippen molar-refractivity contribution >= 4 is 27.9 Å². The molecule has 0 amide bonds. The normalized spacial score (nSPS) is 11.8. The van der Waals surface area contributed by atoms with Crippen molar-refractivity contribution in [3.8, 4) is 11.3 Å². The lowest BCUT2D eigenvalue weighted by atomic mass is 9.97. The predicted molar refractivity (Wildman–Crippen MR) is 118 cm³/mol. The topological polar surface area (TPSA) is 54.9 Å². The number of fused-ring (bicyclic) bond motifs is 1. The zero-order chi connectivity index (χ0) is 20.1. The molecule has 28 heavy (non-hydrogen) atoms. The van der Waals surface area contributed by atoms with Gasteiger partial charge in [-0.15, -0.1) is 0 Å². The Kier molecular flexibility index (Phi) is 5.80. The molecule has 0 fully saturated rings. The maximum absolute atomic E-state index is 12.4. The van der Waals surface area contributed by atoms with Crippen molar-refractivity contribution in [1.82, 2.24) is 9.97 Å². The number of rotatable bonds is 6. The summed E-state index contributed by atoms with van der Waals surface area (Å²) < 4.78 is 0. The highest BCUT2D eigenvalue weighted by Gasteiger charge is 2.18. The van der Waals surface area contributed by atoms with Gasteiger partial charge >= 0.3 is 0 Å². The zero-order valence-corrected chi connectivity index (χ0v) is 16.4. The average Bonchev–Trinajstić information content (AvgIpc) is 2.72. The van der Waals surface area contributed by atoms with Crippen LogP contribution in [-0.4, -0.2) is 22.8 Å². The Balaban J connectivity index is 2.20. The first-order valence-corrected chi connectivity index (χ1v) is 9.13. The number of benzene rings is 1. The predicted octanol–water partition coefficient (Wildman–Crippen LogP) is 5.69. The fourth-order valence-corrected chi connectivity index (χ4v) is 3.30. The molecule has 0 spiro atoms. The van der Waals surface area contributed by atoms with Gasteiger partial charge < -0.3 is 5.32 Å². The first kappa shape index (κ1) is 19.2. The van der Waals surface area contributed by atoms with Gasteiger partial charge in [0, 0.05) is 30.4 Å². The molecule has 0 saturated carbocycles. The Morgan fingerprint density at radius 1 is 1.18 bits per heavy atom. The van der Waals surface area contributed by atoms with Gasteiger partial charge in [-0.25, -0.2) is 4.98 Å². The average molecular weight is 369 g/mol. The van der Waals surface area contributed by atoms with Gasteiger partial charge in [0.1, 0.15) is 0 Å². The number of hydrogen-bond donors (Lipinski definition) is 1. The second-order valence-electron chi connectivity index (χ2n) is 6.34. The fourth-order valence-electron chi connectivity index (χ4n) is 3.30. The number of anilines is 1. The molecule has 3 aromatic rings. The van der Waals surface area contributed by atoms with Crippen molar-refractivity contribution in [2.24, 2.45) is 0 Å². The third-order valence-electron chi connectivity index (χ3n) is 4.52. The molecule has 4 nitrogen and oxygen atoms in total. The number of Topliss-reactive ketones (excluding diaryl/α,β-unsaturated/α-hetero) is 1. The molecule has 0 aliphatic heterocycles. The number of aromatic nitrogens is 2. The molecule has 0 atom stereocenters. The van der Waals surface area contributed by atoms with E-state index in [1.165, 1.54) is 0 Å². The Hall–Kier alpha value is -3.53. The van der Waals surface area contributed by atoms with Gasteiger partial charge in [-0.1, -0.05) is 55.1 Å². The Labute approximate surface area is 165 Å². The van der Waals surface area contributed by atoms with Crippen molar-refractivity contribution in [2.75, 3.05) is 12.4 Å². The summed E-state index contributed by atoms with van der Waals surface area (Å²) in [5, 5.41) is 3.92. The number of carbonyl (C=O) groups excluding carboxylic acids is 1. The standard InChI is InChI=1S/C24H23N3O/c1-5-7-17(8-6-2)18-9-11-19(12-10-18)23-24(25-4)22(16(3)28)20-15-26-14-13-21(20)27-23/h5-15,25H,1H2,2-4H3/b8-6-,17-7+. The van der Waals surface area contributed by atoms with Crippen LogP contribution in [0.1, 0.15) is 29.8 Å². The van der Waals surface area contributed by atoms with E-state index in [1.807, 2.05) is 43.4 Å². The minimum atomic E-state index is -0.0214. The van der Waals surface area contributed by atoms with Crippen molar-refractivity contribution in [3.05, 3.63) is 84.7 Å². The number of allylic oxidation sites excluding steroid dienone is 5. The molecule has 2 aromatic heterocycles. The summed E-state index contributed by atoms with van der Waals surface area (Å²) in [7, 11) is 1.81. The maximum atomic E-state index is 12.4. The summed E-state index contributed by atoms with van der Waals surface area (Å²) >= 11 is 0. The number of nitrogens with one attached hydrogen (secondary N) is 1. The van der Waals surface area contributed by atoms with Crippen molar-refractivity contribution in [2.45, 2.75) is 13.8 Å². The molecule has 2 heterocycles. The van der Waals surface area contributed by atoms with Crippen molar-refractivity contribution in [1.29, 1.82) is 0 Å².